The van der Waals surface area contributed by atoms with Crippen LogP contribution in [0.5, 0.6) is 0 Å². The normalized spacial score (nSPS) is 14.6. The van der Waals surface area contributed by atoms with Crippen LogP contribution in [-0.4, -0.2) is 59.0 Å². The second kappa shape index (κ2) is 14.7. The van der Waals surface area contributed by atoms with Gasteiger partial charge in [0, 0.05) is 38.1 Å². The summed E-state index contributed by atoms with van der Waals surface area (Å²) in [5, 5.41) is 0. The van der Waals surface area contributed by atoms with Gasteiger partial charge in [-0.1, -0.05) is 86.8 Å². The van der Waals surface area contributed by atoms with Crippen molar-refractivity contribution in [1.82, 2.24) is 14.4 Å². The van der Waals surface area contributed by atoms with Gasteiger partial charge in [0.1, 0.15) is 0 Å². The third-order valence-electron chi connectivity index (χ3n) is 7.90. The molecular weight excluding hydrogens is 486 g/mol. The molecule has 0 bridgehead atoms. The summed E-state index contributed by atoms with van der Waals surface area (Å²) in [5.74, 6) is -0.269. The van der Waals surface area contributed by atoms with Gasteiger partial charge in [0.2, 0.25) is 11.8 Å². The first-order valence-corrected chi connectivity index (χ1v) is 14.4. The number of aromatic nitrogens is 1. The summed E-state index contributed by atoms with van der Waals surface area (Å²) in [7, 11) is 1.63. The molecule has 2 aromatic carbocycles. The average molecular weight is 530 g/mol. The molecule has 3 aromatic rings. The van der Waals surface area contributed by atoms with Crippen LogP contribution in [0.2, 0.25) is 0 Å². The maximum absolute atomic E-state index is 14.0. The first kappa shape index (κ1) is 28.6. The molecule has 6 heteroatoms. The molecule has 6 nitrogen and oxygen atoms in total. The summed E-state index contributed by atoms with van der Waals surface area (Å²) in [5.41, 5.74) is 3.33. The number of carbonyl (C=O) groups excluding carboxylic acids is 2. The van der Waals surface area contributed by atoms with Crippen LogP contribution in [0.25, 0.3) is 0 Å². The van der Waals surface area contributed by atoms with Gasteiger partial charge >= 0.3 is 0 Å². The molecule has 1 atom stereocenters. The number of rotatable bonds is 13. The predicted octanol–water partition coefficient (Wildman–Crippen LogP) is 5.87. The minimum absolute atomic E-state index is 0.00912. The van der Waals surface area contributed by atoms with Crippen molar-refractivity contribution < 1.29 is 14.3 Å². The van der Waals surface area contributed by atoms with E-state index in [1.165, 1.54) is 12.0 Å². The molecule has 0 N–H and O–H groups in total. The van der Waals surface area contributed by atoms with Crippen molar-refractivity contribution >= 4 is 11.8 Å². The highest BCUT2D eigenvalue weighted by Gasteiger charge is 2.31. The van der Waals surface area contributed by atoms with E-state index < -0.39 is 0 Å². The Bertz CT molecular complexity index is 1160. The van der Waals surface area contributed by atoms with Gasteiger partial charge in [-0.05, 0) is 42.5 Å². The maximum atomic E-state index is 14.0. The zero-order valence-corrected chi connectivity index (χ0v) is 23.5. The molecule has 1 aliphatic carbocycles. The Hall–Kier alpha value is -3.38. The van der Waals surface area contributed by atoms with Crippen LogP contribution in [-0.2, 0) is 27.4 Å². The Morgan fingerprint density at radius 2 is 1.64 bits per heavy atom. The standard InChI is InChI=1S/C33H43N3O3/c1-3-31(28-16-9-5-10-17-28)33(38)35(22-23-39-2)26-32(37)36(29-18-11-6-12-19-29)25-30-20-13-21-34(30)24-27-14-7-4-8-15-27/h4-5,7-10,13-17,20-21,29,31H,3,6,11-12,18-19,22-26H2,1-2H3. The van der Waals surface area contributed by atoms with Crippen LogP contribution in [0.1, 0.15) is 68.2 Å². The van der Waals surface area contributed by atoms with E-state index in [0.29, 0.717) is 26.1 Å². The third kappa shape index (κ3) is 7.82. The van der Waals surface area contributed by atoms with Gasteiger partial charge in [-0.15, -0.1) is 0 Å². The van der Waals surface area contributed by atoms with Crippen molar-refractivity contribution in [3.63, 3.8) is 0 Å². The monoisotopic (exact) mass is 529 g/mol. The van der Waals surface area contributed by atoms with E-state index in [0.717, 1.165) is 43.5 Å². The number of benzene rings is 2. The second-order valence-electron chi connectivity index (χ2n) is 10.6. The van der Waals surface area contributed by atoms with E-state index in [1.54, 1.807) is 12.0 Å². The number of nitrogens with zero attached hydrogens (tertiary/aromatic N) is 3. The molecule has 208 valence electrons. The number of methoxy groups -OCH3 is 1. The highest BCUT2D eigenvalue weighted by Crippen LogP contribution is 2.26. The van der Waals surface area contributed by atoms with Gasteiger partial charge in [-0.3, -0.25) is 9.59 Å². The van der Waals surface area contributed by atoms with E-state index in [1.807, 2.05) is 48.2 Å². The largest absolute Gasteiger partial charge is 0.383 e. The lowest BCUT2D eigenvalue weighted by Crippen LogP contribution is -2.49. The molecule has 0 saturated heterocycles. The van der Waals surface area contributed by atoms with E-state index in [2.05, 4.69) is 47.2 Å². The van der Waals surface area contributed by atoms with Crippen molar-refractivity contribution in [1.29, 1.82) is 0 Å². The fraction of sp³-hybridized carbons (Fsp3) is 0.455. The molecule has 1 heterocycles. The summed E-state index contributed by atoms with van der Waals surface area (Å²) in [6.45, 7) is 4.21. The van der Waals surface area contributed by atoms with Crippen molar-refractivity contribution in [2.75, 3.05) is 26.8 Å². The van der Waals surface area contributed by atoms with Crippen LogP contribution in [0.15, 0.2) is 79.0 Å². The molecule has 1 unspecified atom stereocenters. The van der Waals surface area contributed by atoms with Crippen molar-refractivity contribution in [3.8, 4) is 0 Å². The fourth-order valence-corrected chi connectivity index (χ4v) is 5.70. The van der Waals surface area contributed by atoms with E-state index in [-0.39, 0.29) is 30.3 Å². The topological polar surface area (TPSA) is 54.8 Å². The zero-order valence-electron chi connectivity index (χ0n) is 23.5. The second-order valence-corrected chi connectivity index (χ2v) is 10.6. The van der Waals surface area contributed by atoms with Crippen molar-refractivity contribution in [2.45, 2.75) is 70.5 Å². The lowest BCUT2D eigenvalue weighted by atomic mass is 9.93. The van der Waals surface area contributed by atoms with Crippen molar-refractivity contribution in [2.24, 2.45) is 0 Å². The number of carbonyl (C=O) groups is 2. The summed E-state index contributed by atoms with van der Waals surface area (Å²) < 4.78 is 7.57. The van der Waals surface area contributed by atoms with Gasteiger partial charge in [0.05, 0.1) is 25.6 Å². The Morgan fingerprint density at radius 1 is 0.949 bits per heavy atom. The van der Waals surface area contributed by atoms with Crippen LogP contribution in [0.3, 0.4) is 0 Å². The number of amides is 2. The quantitative estimate of drug-likeness (QED) is 0.278. The van der Waals surface area contributed by atoms with Crippen LogP contribution in [0.4, 0.5) is 0 Å². The molecule has 1 saturated carbocycles. The Kier molecular flexibility index (Phi) is 10.8. The Balaban J connectivity index is 1.54. The summed E-state index contributed by atoms with van der Waals surface area (Å²) in [6, 6.07) is 24.7. The zero-order chi connectivity index (χ0) is 27.5. The van der Waals surface area contributed by atoms with E-state index >= 15 is 0 Å². The molecule has 2 amide bonds. The average Bonchev–Trinajstić information content (AvgIpc) is 3.42. The van der Waals surface area contributed by atoms with Crippen LogP contribution < -0.4 is 0 Å². The SMILES string of the molecule is CCC(C(=O)N(CCOC)CC(=O)N(Cc1cccn1Cc1ccccc1)C1CCCCC1)c1ccccc1. The molecule has 0 aliphatic heterocycles. The molecule has 4 rings (SSSR count). The van der Waals surface area contributed by atoms with E-state index in [4.69, 9.17) is 4.74 Å². The molecule has 1 aromatic heterocycles. The number of ether oxygens (including phenoxy) is 1. The smallest absolute Gasteiger partial charge is 0.242 e. The molecule has 1 fully saturated rings. The molecular formula is C33H43N3O3. The molecule has 1 aliphatic rings. The number of hydrogen-bond donors (Lipinski definition) is 0. The van der Waals surface area contributed by atoms with Gasteiger partial charge < -0.3 is 19.1 Å². The lowest BCUT2D eigenvalue weighted by Gasteiger charge is -2.36. The molecule has 39 heavy (non-hydrogen) atoms. The third-order valence-corrected chi connectivity index (χ3v) is 7.90. The van der Waals surface area contributed by atoms with E-state index in [9.17, 15) is 9.59 Å². The first-order valence-electron chi connectivity index (χ1n) is 14.4. The summed E-state index contributed by atoms with van der Waals surface area (Å²) in [6.07, 6.45) is 8.29. The minimum atomic E-state index is -0.276. The Morgan fingerprint density at radius 3 is 2.31 bits per heavy atom. The summed E-state index contributed by atoms with van der Waals surface area (Å²) >= 11 is 0. The van der Waals surface area contributed by atoms with Gasteiger partial charge in [-0.2, -0.15) is 0 Å². The van der Waals surface area contributed by atoms with Gasteiger partial charge in [0.15, 0.2) is 0 Å². The van der Waals surface area contributed by atoms with Gasteiger partial charge in [0.25, 0.3) is 0 Å². The molecule has 0 radical (unpaired) electrons. The fourth-order valence-electron chi connectivity index (χ4n) is 5.70. The minimum Gasteiger partial charge on any atom is -0.383 e. The van der Waals surface area contributed by atoms with Crippen LogP contribution >= 0.6 is 0 Å². The highest BCUT2D eigenvalue weighted by molar-refractivity contribution is 5.88. The lowest BCUT2D eigenvalue weighted by molar-refractivity contribution is -0.144. The predicted molar refractivity (Wildman–Crippen MR) is 155 cm³/mol. The van der Waals surface area contributed by atoms with Gasteiger partial charge in [-0.25, -0.2) is 0 Å². The first-order chi connectivity index (χ1) is 19.1. The maximum Gasteiger partial charge on any atom is 0.242 e. The van der Waals surface area contributed by atoms with Crippen LogP contribution in [0, 0.1) is 0 Å². The summed E-state index contributed by atoms with van der Waals surface area (Å²) in [4.78, 5) is 31.6. The Labute approximate surface area is 233 Å². The van der Waals surface area contributed by atoms with Crippen molar-refractivity contribution in [3.05, 3.63) is 95.8 Å². The number of hydrogen-bond acceptors (Lipinski definition) is 3. The molecule has 0 spiro atoms. The highest BCUT2D eigenvalue weighted by atomic mass is 16.5.